The zero-order valence-electron chi connectivity index (χ0n) is 14.5. The average Bonchev–Trinajstić information content (AvgIpc) is 3.10. The first-order valence-corrected chi connectivity index (χ1v) is 10.6. The van der Waals surface area contributed by atoms with Crippen LogP contribution in [0.5, 0.6) is 0 Å². The number of hydrogen-bond acceptors (Lipinski definition) is 6. The highest BCUT2D eigenvalue weighted by Crippen LogP contribution is 2.29. The third-order valence-electron chi connectivity index (χ3n) is 4.43. The first kappa shape index (κ1) is 18.2. The second-order valence-corrected chi connectivity index (χ2v) is 8.32. The van der Waals surface area contributed by atoms with Crippen molar-refractivity contribution < 1.29 is 4.79 Å². The fourth-order valence-electron chi connectivity index (χ4n) is 3.20. The summed E-state index contributed by atoms with van der Waals surface area (Å²) in [5.41, 5.74) is 0.987. The zero-order chi connectivity index (χ0) is 17.5. The number of nitrogens with one attached hydrogen (secondary N) is 1. The van der Waals surface area contributed by atoms with Gasteiger partial charge in [0.2, 0.25) is 11.0 Å². The first-order valence-electron chi connectivity index (χ1n) is 8.84. The van der Waals surface area contributed by atoms with Crippen LogP contribution in [0.25, 0.3) is 0 Å². The molecule has 1 heterocycles. The second kappa shape index (κ2) is 9.20. The van der Waals surface area contributed by atoms with Crippen molar-refractivity contribution in [3.63, 3.8) is 0 Å². The Morgan fingerprint density at radius 1 is 1.24 bits per heavy atom. The topological polar surface area (TPSA) is 58.1 Å². The van der Waals surface area contributed by atoms with Gasteiger partial charge in [-0.25, -0.2) is 0 Å². The molecule has 1 fully saturated rings. The quantitative estimate of drug-likeness (QED) is 0.718. The summed E-state index contributed by atoms with van der Waals surface area (Å²) in [4.78, 5) is 14.6. The molecule has 0 unspecified atom stereocenters. The second-order valence-electron chi connectivity index (χ2n) is 6.12. The molecule has 1 amide bonds. The van der Waals surface area contributed by atoms with Crippen molar-refractivity contribution in [2.75, 3.05) is 17.6 Å². The minimum atomic E-state index is 0.215. The molecule has 0 atom stereocenters. The molecule has 5 nitrogen and oxygen atoms in total. The molecule has 1 N–H and O–H groups in total. The summed E-state index contributed by atoms with van der Waals surface area (Å²) in [5, 5.41) is 12.3. The lowest BCUT2D eigenvalue weighted by atomic mass is 9.94. The Balaban J connectivity index is 1.51. The third-order valence-corrected chi connectivity index (χ3v) is 6.38. The molecule has 0 radical (unpaired) electrons. The number of benzene rings is 1. The molecule has 1 aromatic heterocycles. The van der Waals surface area contributed by atoms with Crippen molar-refractivity contribution in [3.8, 4) is 0 Å². The van der Waals surface area contributed by atoms with Crippen molar-refractivity contribution in [3.05, 3.63) is 30.3 Å². The van der Waals surface area contributed by atoms with Crippen LogP contribution in [0.3, 0.4) is 0 Å². The normalized spacial score (nSPS) is 15.1. The van der Waals surface area contributed by atoms with Crippen molar-refractivity contribution >= 4 is 39.8 Å². The molecule has 7 heteroatoms. The molecule has 2 aromatic rings. The minimum Gasteiger partial charge on any atom is -0.339 e. The van der Waals surface area contributed by atoms with Gasteiger partial charge in [0.1, 0.15) is 0 Å². The van der Waals surface area contributed by atoms with E-state index in [1.165, 1.54) is 42.4 Å². The van der Waals surface area contributed by atoms with Gasteiger partial charge in [0.25, 0.3) is 0 Å². The molecule has 0 saturated heterocycles. The van der Waals surface area contributed by atoms with Gasteiger partial charge in [0.05, 0.1) is 5.75 Å². The van der Waals surface area contributed by atoms with E-state index in [1.54, 1.807) is 0 Å². The molecular weight excluding hydrogens is 352 g/mol. The summed E-state index contributed by atoms with van der Waals surface area (Å²) in [6, 6.07) is 10.3. The van der Waals surface area contributed by atoms with Crippen LogP contribution in [-0.2, 0) is 4.79 Å². The highest BCUT2D eigenvalue weighted by molar-refractivity contribution is 8.01. The number of thioether (sulfide) groups is 1. The van der Waals surface area contributed by atoms with Crippen molar-refractivity contribution in [2.24, 2.45) is 0 Å². The Kier molecular flexibility index (Phi) is 6.69. The number of carbonyl (C=O) groups excluding carboxylic acids is 1. The number of anilines is 2. The van der Waals surface area contributed by atoms with E-state index in [0.29, 0.717) is 11.8 Å². The number of para-hydroxylation sites is 1. The molecular formula is C18H24N4OS2. The highest BCUT2D eigenvalue weighted by atomic mass is 32.2. The molecule has 25 heavy (non-hydrogen) atoms. The lowest BCUT2D eigenvalue weighted by Gasteiger charge is -2.33. The SMILES string of the molecule is CCN(C(=O)CSc1nnc(Nc2ccccc2)s1)C1CCCCC1. The molecule has 1 aromatic carbocycles. The lowest BCUT2D eigenvalue weighted by Crippen LogP contribution is -2.42. The molecule has 134 valence electrons. The first-order chi connectivity index (χ1) is 12.3. The molecule has 1 aliphatic carbocycles. The molecule has 1 aliphatic rings. The van der Waals surface area contributed by atoms with E-state index in [2.05, 4.69) is 27.3 Å². The molecule has 1 saturated carbocycles. The van der Waals surface area contributed by atoms with Crippen LogP contribution in [0.2, 0.25) is 0 Å². The highest BCUT2D eigenvalue weighted by Gasteiger charge is 2.24. The molecule has 0 spiro atoms. The minimum absolute atomic E-state index is 0.215. The lowest BCUT2D eigenvalue weighted by molar-refractivity contribution is -0.131. The van der Waals surface area contributed by atoms with E-state index in [-0.39, 0.29) is 5.91 Å². The Labute approximate surface area is 157 Å². The van der Waals surface area contributed by atoms with E-state index < -0.39 is 0 Å². The van der Waals surface area contributed by atoms with Gasteiger partial charge in [-0.15, -0.1) is 10.2 Å². The maximum atomic E-state index is 12.6. The molecule has 0 bridgehead atoms. The standard InChI is InChI=1S/C18H24N4OS2/c1-2-22(15-11-7-4-8-12-15)16(23)13-24-18-21-20-17(25-18)19-14-9-5-3-6-10-14/h3,5-6,9-10,15H,2,4,7-8,11-13H2,1H3,(H,19,20). The van der Waals surface area contributed by atoms with Gasteiger partial charge < -0.3 is 10.2 Å². The third kappa shape index (κ3) is 5.19. The number of nitrogens with zero attached hydrogens (tertiary/aromatic N) is 3. The largest absolute Gasteiger partial charge is 0.339 e. The number of aromatic nitrogens is 2. The van der Waals surface area contributed by atoms with Gasteiger partial charge in [-0.3, -0.25) is 4.79 Å². The zero-order valence-corrected chi connectivity index (χ0v) is 16.1. The number of rotatable bonds is 7. The van der Waals surface area contributed by atoms with E-state index in [0.717, 1.165) is 34.5 Å². The van der Waals surface area contributed by atoms with Crippen LogP contribution in [0.15, 0.2) is 34.7 Å². The van der Waals surface area contributed by atoms with Gasteiger partial charge in [0, 0.05) is 18.3 Å². The van der Waals surface area contributed by atoms with Gasteiger partial charge in [-0.2, -0.15) is 0 Å². The number of hydrogen-bond donors (Lipinski definition) is 1. The van der Waals surface area contributed by atoms with Crippen molar-refractivity contribution in [1.29, 1.82) is 0 Å². The summed E-state index contributed by atoms with van der Waals surface area (Å²) in [7, 11) is 0. The van der Waals surface area contributed by atoms with E-state index >= 15 is 0 Å². The van der Waals surface area contributed by atoms with Crippen molar-refractivity contribution in [1.82, 2.24) is 15.1 Å². The van der Waals surface area contributed by atoms with Crippen LogP contribution < -0.4 is 5.32 Å². The molecule has 3 rings (SSSR count). The Morgan fingerprint density at radius 3 is 2.72 bits per heavy atom. The van der Waals surface area contributed by atoms with Crippen LogP contribution in [-0.4, -0.2) is 39.3 Å². The average molecular weight is 377 g/mol. The summed E-state index contributed by atoms with van der Waals surface area (Å²) in [6.07, 6.45) is 6.08. The van der Waals surface area contributed by atoms with E-state index in [4.69, 9.17) is 0 Å². The summed E-state index contributed by atoms with van der Waals surface area (Å²) >= 11 is 2.96. The number of amides is 1. The van der Waals surface area contributed by atoms with Gasteiger partial charge in [-0.05, 0) is 31.9 Å². The van der Waals surface area contributed by atoms with E-state index in [9.17, 15) is 4.79 Å². The Hall–Kier alpha value is -1.60. The molecule has 0 aliphatic heterocycles. The Bertz CT molecular complexity index is 671. The van der Waals surface area contributed by atoms with Crippen LogP contribution in [0.4, 0.5) is 10.8 Å². The van der Waals surface area contributed by atoms with Crippen LogP contribution in [0, 0.1) is 0 Å². The van der Waals surface area contributed by atoms with Gasteiger partial charge in [-0.1, -0.05) is 60.6 Å². The fraction of sp³-hybridized carbons (Fsp3) is 0.500. The summed E-state index contributed by atoms with van der Waals surface area (Å²) in [6.45, 7) is 2.87. The van der Waals surface area contributed by atoms with E-state index in [1.807, 2.05) is 30.3 Å². The fourth-order valence-corrected chi connectivity index (χ4v) is 4.86. The van der Waals surface area contributed by atoms with Crippen molar-refractivity contribution in [2.45, 2.75) is 49.4 Å². The number of carbonyl (C=O) groups is 1. The predicted molar refractivity (Wildman–Crippen MR) is 105 cm³/mol. The summed E-state index contributed by atoms with van der Waals surface area (Å²) < 4.78 is 0.825. The maximum absolute atomic E-state index is 12.6. The summed E-state index contributed by atoms with van der Waals surface area (Å²) in [5.74, 6) is 0.650. The van der Waals surface area contributed by atoms with Crippen LogP contribution >= 0.6 is 23.1 Å². The Morgan fingerprint density at radius 2 is 2.00 bits per heavy atom. The monoisotopic (exact) mass is 376 g/mol. The van der Waals surface area contributed by atoms with Crippen LogP contribution in [0.1, 0.15) is 39.0 Å². The smallest absolute Gasteiger partial charge is 0.233 e. The van der Waals surface area contributed by atoms with Gasteiger partial charge >= 0.3 is 0 Å². The van der Waals surface area contributed by atoms with Gasteiger partial charge in [0.15, 0.2) is 4.34 Å². The maximum Gasteiger partial charge on any atom is 0.233 e. The predicted octanol–water partition coefficient (Wildman–Crippen LogP) is 4.56.